The fraction of sp³-hybridized carbons (Fsp3) is 0.390. The summed E-state index contributed by atoms with van der Waals surface area (Å²) in [5.41, 5.74) is 4.51. The van der Waals surface area contributed by atoms with Crippen LogP contribution in [0.5, 0.6) is 5.75 Å². The van der Waals surface area contributed by atoms with Gasteiger partial charge in [0.05, 0.1) is 24.9 Å². The molecule has 1 aromatic heterocycles. The van der Waals surface area contributed by atoms with E-state index in [2.05, 4.69) is 16.5 Å². The number of ether oxygens (including phenoxy) is 3. The van der Waals surface area contributed by atoms with Crippen molar-refractivity contribution in [2.75, 3.05) is 33.4 Å². The van der Waals surface area contributed by atoms with E-state index >= 15 is 0 Å². The number of pyridine rings is 1. The van der Waals surface area contributed by atoms with Gasteiger partial charge in [0, 0.05) is 41.7 Å². The van der Waals surface area contributed by atoms with Gasteiger partial charge in [0.1, 0.15) is 18.1 Å². The van der Waals surface area contributed by atoms with Gasteiger partial charge in [-0.1, -0.05) is 85.3 Å². The first-order chi connectivity index (χ1) is 24.9. The first-order valence-corrected chi connectivity index (χ1v) is 17.9. The molecule has 52 heavy (non-hydrogen) atoms. The Kier molecular flexibility index (Phi) is 13.0. The van der Waals surface area contributed by atoms with Crippen LogP contribution in [0, 0.1) is 11.8 Å². The molecule has 0 aliphatic heterocycles. The van der Waals surface area contributed by atoms with Crippen LogP contribution in [-0.4, -0.2) is 61.4 Å². The van der Waals surface area contributed by atoms with Crippen molar-refractivity contribution < 1.29 is 37.0 Å². The molecule has 7 nitrogen and oxygen atoms in total. The molecule has 0 N–H and O–H groups in total. The van der Waals surface area contributed by atoms with Crippen LogP contribution < -0.4 is 4.74 Å². The number of esters is 2. The van der Waals surface area contributed by atoms with Crippen molar-refractivity contribution in [2.24, 2.45) is 11.8 Å². The summed E-state index contributed by atoms with van der Waals surface area (Å²) in [5, 5.41) is 0.489. The molecule has 1 heterocycles. The van der Waals surface area contributed by atoms with Gasteiger partial charge in [-0.25, -0.2) is 14.6 Å². The van der Waals surface area contributed by atoms with Crippen LogP contribution >= 0.6 is 11.6 Å². The number of fused-ring (bicyclic) bond motifs is 1. The molecule has 1 aromatic carbocycles. The minimum absolute atomic E-state index is 0.0900. The largest absolute Gasteiger partial charge is 0.489 e. The molecule has 3 atom stereocenters. The number of methoxy groups -OCH3 is 1. The lowest BCUT2D eigenvalue weighted by molar-refractivity contribution is -0.136. The van der Waals surface area contributed by atoms with E-state index in [9.17, 15) is 22.8 Å². The SMILES string of the molecule is C=C/C=C(\CN(CCc1ccccc1OCC1=C(Cl)C=C(C2C=C(C(F)(F)F)C=CC2)[C@@H]1C)[C@H]1CCCc2nc(C(=O)OCC)ccc21)C(=O)OC. The highest BCUT2D eigenvalue weighted by molar-refractivity contribution is 6.32. The van der Waals surface area contributed by atoms with E-state index in [1.165, 1.54) is 13.2 Å². The molecule has 0 fully saturated rings. The summed E-state index contributed by atoms with van der Waals surface area (Å²) >= 11 is 6.68. The number of alkyl halides is 3. The molecule has 3 aliphatic carbocycles. The van der Waals surface area contributed by atoms with Gasteiger partial charge in [-0.05, 0) is 73.9 Å². The van der Waals surface area contributed by atoms with Crippen molar-refractivity contribution in [1.82, 2.24) is 9.88 Å². The number of carbonyl (C=O) groups is 2. The molecule has 0 radical (unpaired) electrons. The molecule has 3 aliphatic rings. The first kappa shape index (κ1) is 38.8. The Morgan fingerprint density at radius 2 is 1.96 bits per heavy atom. The Bertz CT molecular complexity index is 1830. The fourth-order valence-electron chi connectivity index (χ4n) is 7.12. The van der Waals surface area contributed by atoms with E-state index in [4.69, 9.17) is 25.8 Å². The second-order valence-electron chi connectivity index (χ2n) is 13.0. The summed E-state index contributed by atoms with van der Waals surface area (Å²) in [5.74, 6) is -0.825. The second kappa shape index (κ2) is 17.4. The predicted octanol–water partition coefficient (Wildman–Crippen LogP) is 8.98. The van der Waals surface area contributed by atoms with Gasteiger partial charge in [0.2, 0.25) is 0 Å². The molecular formula is C41H44ClF3N2O5. The van der Waals surface area contributed by atoms with E-state index in [0.717, 1.165) is 53.3 Å². The Balaban J connectivity index is 1.34. The highest BCUT2D eigenvalue weighted by Crippen LogP contribution is 2.43. The quantitative estimate of drug-likeness (QED) is 0.109. The predicted molar refractivity (Wildman–Crippen MR) is 195 cm³/mol. The van der Waals surface area contributed by atoms with Crippen molar-refractivity contribution in [1.29, 1.82) is 0 Å². The molecule has 0 bridgehead atoms. The van der Waals surface area contributed by atoms with Crippen molar-refractivity contribution in [3.63, 3.8) is 0 Å². The molecule has 0 amide bonds. The van der Waals surface area contributed by atoms with Crippen molar-refractivity contribution in [2.45, 2.75) is 58.2 Å². The Hall–Kier alpha value is -4.41. The average molecular weight is 737 g/mol. The van der Waals surface area contributed by atoms with Crippen LogP contribution in [-0.2, 0) is 27.1 Å². The number of rotatable bonds is 14. The maximum absolute atomic E-state index is 13.5. The highest BCUT2D eigenvalue weighted by Gasteiger charge is 2.36. The lowest BCUT2D eigenvalue weighted by Gasteiger charge is -2.36. The van der Waals surface area contributed by atoms with Crippen molar-refractivity contribution in [3.8, 4) is 5.75 Å². The number of allylic oxidation sites excluding steroid dienone is 9. The summed E-state index contributed by atoms with van der Waals surface area (Å²) in [6.07, 6.45) is 8.02. The van der Waals surface area contributed by atoms with Gasteiger partial charge >= 0.3 is 18.1 Å². The van der Waals surface area contributed by atoms with E-state index in [1.54, 1.807) is 37.3 Å². The second-order valence-corrected chi connectivity index (χ2v) is 13.4. The van der Waals surface area contributed by atoms with Gasteiger partial charge < -0.3 is 14.2 Å². The third-order valence-corrected chi connectivity index (χ3v) is 10.1. The normalized spacial score (nSPS) is 20.3. The molecular weight excluding hydrogens is 693 g/mol. The lowest BCUT2D eigenvalue weighted by Crippen LogP contribution is -2.36. The molecule has 0 saturated heterocycles. The number of para-hydroxylation sites is 1. The van der Waals surface area contributed by atoms with Crippen LogP contribution in [0.15, 0.2) is 107 Å². The smallest absolute Gasteiger partial charge is 0.416 e. The maximum Gasteiger partial charge on any atom is 0.416 e. The monoisotopic (exact) mass is 736 g/mol. The minimum atomic E-state index is -4.41. The molecule has 0 spiro atoms. The molecule has 1 unspecified atom stereocenters. The number of hydrogen-bond acceptors (Lipinski definition) is 7. The summed E-state index contributed by atoms with van der Waals surface area (Å²) in [4.78, 5) is 32.1. The first-order valence-electron chi connectivity index (χ1n) is 17.5. The number of halogens is 4. The number of aromatic nitrogens is 1. The summed E-state index contributed by atoms with van der Waals surface area (Å²) in [6.45, 7) is 8.77. The summed E-state index contributed by atoms with van der Waals surface area (Å²) in [6, 6.07) is 11.2. The van der Waals surface area contributed by atoms with Crippen LogP contribution in [0.3, 0.4) is 0 Å². The molecule has 11 heteroatoms. The third-order valence-electron chi connectivity index (χ3n) is 9.80. The van der Waals surface area contributed by atoms with Crippen molar-refractivity contribution in [3.05, 3.63) is 129 Å². The highest BCUT2D eigenvalue weighted by atomic mass is 35.5. The number of benzene rings is 1. The number of nitrogens with zero attached hydrogens (tertiary/aromatic N) is 2. The zero-order valence-corrected chi connectivity index (χ0v) is 30.4. The van der Waals surface area contributed by atoms with E-state index < -0.39 is 29.6 Å². The molecule has 276 valence electrons. The van der Waals surface area contributed by atoms with Gasteiger partial charge in [-0.15, -0.1) is 0 Å². The summed E-state index contributed by atoms with van der Waals surface area (Å²) in [7, 11) is 1.35. The van der Waals surface area contributed by atoms with Gasteiger partial charge in [-0.3, -0.25) is 4.90 Å². The van der Waals surface area contributed by atoms with Crippen LogP contribution in [0.25, 0.3) is 0 Å². The Morgan fingerprint density at radius 3 is 2.69 bits per heavy atom. The minimum Gasteiger partial charge on any atom is -0.489 e. The maximum atomic E-state index is 13.5. The summed E-state index contributed by atoms with van der Waals surface area (Å²) < 4.78 is 57.0. The third kappa shape index (κ3) is 9.14. The number of aryl methyl sites for hydroxylation is 1. The van der Waals surface area contributed by atoms with E-state index in [1.807, 2.05) is 37.3 Å². The van der Waals surface area contributed by atoms with Gasteiger partial charge in [0.15, 0.2) is 0 Å². The Morgan fingerprint density at radius 1 is 1.17 bits per heavy atom. The average Bonchev–Trinajstić information content (AvgIpc) is 3.43. The number of hydrogen-bond donors (Lipinski definition) is 0. The zero-order valence-electron chi connectivity index (χ0n) is 29.7. The topological polar surface area (TPSA) is 78.0 Å². The van der Waals surface area contributed by atoms with E-state index in [0.29, 0.717) is 42.3 Å². The fourth-order valence-corrected chi connectivity index (χ4v) is 7.47. The van der Waals surface area contributed by atoms with Crippen LogP contribution in [0.4, 0.5) is 13.2 Å². The standard InChI is InChI=1S/C41H44ClF3N2O5/c1-5-11-29(39(48)50-4)24-47(37-16-10-15-35-31(37)18-19-36(46-35)40(49)51-6-2)21-20-27-12-7-8-17-38(27)52-25-33-26(3)32(23-34(33)42)28-13-9-14-30(22-28)41(43,44)45/h5,7-9,11-12,14,17-19,22-23,26,28,37H,1,6,10,13,15-16,20-21,24-25H2,2-4H3/b29-11+/t26-,28?,37-/m0/s1. The van der Waals surface area contributed by atoms with E-state index in [-0.39, 0.29) is 30.9 Å². The lowest BCUT2D eigenvalue weighted by atomic mass is 9.83. The van der Waals surface area contributed by atoms with Gasteiger partial charge in [0.25, 0.3) is 0 Å². The molecule has 0 saturated carbocycles. The van der Waals surface area contributed by atoms with Crippen LogP contribution in [0.2, 0.25) is 0 Å². The molecule has 5 rings (SSSR count). The van der Waals surface area contributed by atoms with Gasteiger partial charge in [-0.2, -0.15) is 13.2 Å². The molecule has 2 aromatic rings. The zero-order chi connectivity index (χ0) is 37.4. The Labute approximate surface area is 308 Å². The van der Waals surface area contributed by atoms with Crippen LogP contribution in [0.1, 0.15) is 66.5 Å². The number of carbonyl (C=O) groups excluding carboxylic acids is 2. The van der Waals surface area contributed by atoms with Crippen molar-refractivity contribution >= 4 is 23.5 Å².